The van der Waals surface area contributed by atoms with Crippen LogP contribution in [-0.2, 0) is 4.79 Å². The monoisotopic (exact) mass is 354 g/mol. The second-order valence-electron chi connectivity index (χ2n) is 5.83. The number of nitrogens with one attached hydrogen (secondary N) is 1. The minimum absolute atomic E-state index is 0.0441. The summed E-state index contributed by atoms with van der Waals surface area (Å²) in [6, 6.07) is 10.6. The van der Waals surface area contributed by atoms with Gasteiger partial charge in [-0.15, -0.1) is 0 Å². The number of anilines is 1. The van der Waals surface area contributed by atoms with Crippen LogP contribution in [0.5, 0.6) is 11.5 Å². The van der Waals surface area contributed by atoms with E-state index in [-0.39, 0.29) is 11.7 Å². The number of aromatic hydroxyl groups is 1. The predicted molar refractivity (Wildman–Crippen MR) is 102 cm³/mol. The molecule has 2 N–H and O–H groups in total. The van der Waals surface area contributed by atoms with E-state index in [0.717, 1.165) is 22.4 Å². The highest BCUT2D eigenvalue weighted by Gasteiger charge is 2.32. The zero-order valence-corrected chi connectivity index (χ0v) is 15.0. The Morgan fingerprint density at radius 2 is 1.92 bits per heavy atom. The largest absolute Gasteiger partial charge is 0.504 e. The molecular formula is C19H18N2O3S. The van der Waals surface area contributed by atoms with Crippen LogP contribution >= 0.6 is 12.2 Å². The standard InChI is InChI=1S/C19H18N2O3S/c1-11-4-6-14(8-12(11)2)21-18(23)15(20-19(21)25)9-13-5-7-16(22)17(10-13)24-3/h4-10,22H,1-3H3,(H,20,25). The lowest BCUT2D eigenvalue weighted by Crippen LogP contribution is -2.30. The third-order valence-electron chi connectivity index (χ3n) is 4.14. The molecule has 5 nitrogen and oxygen atoms in total. The molecule has 0 aliphatic carbocycles. The number of methoxy groups -OCH3 is 1. The number of phenols is 1. The Morgan fingerprint density at radius 1 is 1.16 bits per heavy atom. The van der Waals surface area contributed by atoms with E-state index in [4.69, 9.17) is 17.0 Å². The van der Waals surface area contributed by atoms with E-state index in [2.05, 4.69) is 5.32 Å². The third-order valence-corrected chi connectivity index (χ3v) is 4.43. The minimum Gasteiger partial charge on any atom is -0.504 e. The van der Waals surface area contributed by atoms with Crippen molar-refractivity contribution < 1.29 is 14.6 Å². The second-order valence-corrected chi connectivity index (χ2v) is 6.22. The highest BCUT2D eigenvalue weighted by Crippen LogP contribution is 2.29. The van der Waals surface area contributed by atoms with E-state index >= 15 is 0 Å². The van der Waals surface area contributed by atoms with Gasteiger partial charge < -0.3 is 15.2 Å². The highest BCUT2D eigenvalue weighted by atomic mass is 32.1. The number of amides is 1. The Labute approximate surface area is 151 Å². The molecule has 0 atom stereocenters. The van der Waals surface area contributed by atoms with E-state index in [1.165, 1.54) is 18.1 Å². The van der Waals surface area contributed by atoms with Gasteiger partial charge in [0.2, 0.25) is 0 Å². The summed E-state index contributed by atoms with van der Waals surface area (Å²) in [5.41, 5.74) is 4.07. The number of carbonyl (C=O) groups is 1. The summed E-state index contributed by atoms with van der Waals surface area (Å²) in [7, 11) is 1.47. The summed E-state index contributed by atoms with van der Waals surface area (Å²) < 4.78 is 5.09. The van der Waals surface area contributed by atoms with Gasteiger partial charge in [0, 0.05) is 0 Å². The number of benzene rings is 2. The number of phenolic OH excluding ortho intramolecular Hbond substituents is 1. The van der Waals surface area contributed by atoms with Crippen molar-refractivity contribution in [2.45, 2.75) is 13.8 Å². The molecule has 0 unspecified atom stereocenters. The van der Waals surface area contributed by atoms with E-state index in [1.807, 2.05) is 32.0 Å². The summed E-state index contributed by atoms with van der Waals surface area (Å²) in [6.07, 6.45) is 1.68. The van der Waals surface area contributed by atoms with Gasteiger partial charge in [-0.05, 0) is 73.1 Å². The number of aryl methyl sites for hydroxylation is 2. The molecule has 1 aliphatic heterocycles. The topological polar surface area (TPSA) is 61.8 Å². The lowest BCUT2D eigenvalue weighted by Gasteiger charge is -2.15. The Bertz CT molecular complexity index is 906. The normalized spacial score (nSPS) is 15.6. The molecule has 1 heterocycles. The molecule has 1 fully saturated rings. The molecule has 3 rings (SSSR count). The molecule has 0 radical (unpaired) electrons. The van der Waals surface area contributed by atoms with Crippen molar-refractivity contribution in [3.05, 3.63) is 58.8 Å². The molecule has 0 aromatic heterocycles. The van der Waals surface area contributed by atoms with Gasteiger partial charge in [0.25, 0.3) is 5.91 Å². The van der Waals surface area contributed by atoms with Crippen molar-refractivity contribution in [1.82, 2.24) is 5.32 Å². The SMILES string of the molecule is COc1cc(C=C2NC(=S)N(c3ccc(C)c(C)c3)C2=O)ccc1O. The van der Waals surface area contributed by atoms with Crippen LogP contribution in [0.15, 0.2) is 42.1 Å². The Morgan fingerprint density at radius 3 is 2.60 bits per heavy atom. The van der Waals surface area contributed by atoms with Crippen molar-refractivity contribution >= 4 is 35.0 Å². The lowest BCUT2D eigenvalue weighted by molar-refractivity contribution is -0.113. The molecule has 128 valence electrons. The van der Waals surface area contributed by atoms with E-state index < -0.39 is 0 Å². The first-order valence-corrected chi connectivity index (χ1v) is 8.13. The number of hydrogen-bond donors (Lipinski definition) is 2. The average molecular weight is 354 g/mol. The fourth-order valence-electron chi connectivity index (χ4n) is 2.58. The maximum atomic E-state index is 12.8. The van der Waals surface area contributed by atoms with E-state index in [1.54, 1.807) is 18.2 Å². The van der Waals surface area contributed by atoms with Crippen molar-refractivity contribution in [3.8, 4) is 11.5 Å². The van der Waals surface area contributed by atoms with Crippen molar-refractivity contribution in [2.75, 3.05) is 12.0 Å². The van der Waals surface area contributed by atoms with Gasteiger partial charge in [-0.25, -0.2) is 0 Å². The zero-order chi connectivity index (χ0) is 18.1. The van der Waals surface area contributed by atoms with Crippen LogP contribution in [0.25, 0.3) is 6.08 Å². The van der Waals surface area contributed by atoms with Crippen LogP contribution < -0.4 is 15.0 Å². The number of thiocarbonyl (C=S) groups is 1. The van der Waals surface area contributed by atoms with Crippen LogP contribution in [0.1, 0.15) is 16.7 Å². The second kappa shape index (κ2) is 6.57. The fraction of sp³-hybridized carbons (Fsp3) is 0.158. The first-order valence-electron chi connectivity index (χ1n) is 7.72. The van der Waals surface area contributed by atoms with E-state index in [0.29, 0.717) is 16.6 Å². The molecule has 0 saturated carbocycles. The fourth-order valence-corrected chi connectivity index (χ4v) is 2.88. The molecule has 0 spiro atoms. The van der Waals surface area contributed by atoms with Crippen LogP contribution in [0.3, 0.4) is 0 Å². The lowest BCUT2D eigenvalue weighted by atomic mass is 10.1. The van der Waals surface area contributed by atoms with Crippen LogP contribution in [0, 0.1) is 13.8 Å². The molecule has 6 heteroatoms. The van der Waals surface area contributed by atoms with Crippen LogP contribution in [-0.4, -0.2) is 23.2 Å². The Hall–Kier alpha value is -2.86. The minimum atomic E-state index is -0.222. The van der Waals surface area contributed by atoms with Crippen molar-refractivity contribution in [2.24, 2.45) is 0 Å². The highest BCUT2D eigenvalue weighted by molar-refractivity contribution is 7.80. The van der Waals surface area contributed by atoms with Gasteiger partial charge >= 0.3 is 0 Å². The maximum absolute atomic E-state index is 12.8. The van der Waals surface area contributed by atoms with Gasteiger partial charge in [-0.1, -0.05) is 12.1 Å². The number of ether oxygens (including phenoxy) is 1. The molecule has 1 amide bonds. The predicted octanol–water partition coefficient (Wildman–Crippen LogP) is 3.28. The molecule has 25 heavy (non-hydrogen) atoms. The number of carbonyl (C=O) groups excluding carboxylic acids is 1. The zero-order valence-electron chi connectivity index (χ0n) is 14.2. The third kappa shape index (κ3) is 3.21. The number of hydrogen-bond acceptors (Lipinski definition) is 4. The maximum Gasteiger partial charge on any atom is 0.281 e. The Balaban J connectivity index is 1.94. The summed E-state index contributed by atoms with van der Waals surface area (Å²) >= 11 is 5.33. The first-order chi connectivity index (χ1) is 11.9. The molecule has 2 aromatic carbocycles. The van der Waals surface area contributed by atoms with Crippen LogP contribution in [0.4, 0.5) is 5.69 Å². The number of nitrogens with zero attached hydrogens (tertiary/aromatic N) is 1. The van der Waals surface area contributed by atoms with Crippen LogP contribution in [0.2, 0.25) is 0 Å². The van der Waals surface area contributed by atoms with E-state index in [9.17, 15) is 9.90 Å². The molecule has 1 aliphatic rings. The summed E-state index contributed by atoms with van der Waals surface area (Å²) in [6.45, 7) is 4.01. The van der Waals surface area contributed by atoms with Gasteiger partial charge in [-0.2, -0.15) is 0 Å². The number of rotatable bonds is 3. The molecule has 0 bridgehead atoms. The smallest absolute Gasteiger partial charge is 0.281 e. The average Bonchev–Trinajstić information content (AvgIpc) is 2.86. The summed E-state index contributed by atoms with van der Waals surface area (Å²) in [5.74, 6) is 0.163. The summed E-state index contributed by atoms with van der Waals surface area (Å²) in [5, 5.41) is 13.0. The molecule has 1 saturated heterocycles. The van der Waals surface area contributed by atoms with Gasteiger partial charge in [0.1, 0.15) is 5.70 Å². The molecular weight excluding hydrogens is 336 g/mol. The van der Waals surface area contributed by atoms with Crippen molar-refractivity contribution in [1.29, 1.82) is 0 Å². The quantitative estimate of drug-likeness (QED) is 0.654. The van der Waals surface area contributed by atoms with Gasteiger partial charge in [-0.3, -0.25) is 9.69 Å². The Kier molecular flexibility index (Phi) is 4.46. The van der Waals surface area contributed by atoms with Gasteiger partial charge in [0.15, 0.2) is 16.6 Å². The first kappa shape index (κ1) is 17.0. The van der Waals surface area contributed by atoms with Crippen molar-refractivity contribution in [3.63, 3.8) is 0 Å². The molecule has 2 aromatic rings. The summed E-state index contributed by atoms with van der Waals surface area (Å²) in [4.78, 5) is 14.2. The van der Waals surface area contributed by atoms with Gasteiger partial charge in [0.05, 0.1) is 12.8 Å².